The molecule has 5 rings (SSSR count). The number of hydrogen-bond acceptors (Lipinski definition) is 5. The molecule has 1 fully saturated rings. The minimum Gasteiger partial charge on any atom is -0.406 e. The van der Waals surface area contributed by atoms with Gasteiger partial charge in [-0.1, -0.05) is 75.0 Å². The molecular weight excluding hydrogens is 601 g/mol. The fraction of sp³-hybridized carbons (Fsp3) is 0.333. The van der Waals surface area contributed by atoms with Gasteiger partial charge in [0.25, 0.3) is 0 Å². The lowest BCUT2D eigenvalue weighted by Crippen LogP contribution is -2.39. The van der Waals surface area contributed by atoms with E-state index in [0.29, 0.717) is 22.6 Å². The maximum absolute atomic E-state index is 13.1. The number of hydrogen-bond donors (Lipinski definition) is 1. The third-order valence-corrected chi connectivity index (χ3v) is 8.72. The van der Waals surface area contributed by atoms with Crippen LogP contribution in [0.2, 0.25) is 0 Å². The number of aliphatic imine (C=N–C) groups is 1. The Balaban J connectivity index is 1.22. The largest absolute Gasteiger partial charge is 0.573 e. The molecule has 1 N–H and O–H groups in total. The molecule has 45 heavy (non-hydrogen) atoms. The van der Waals surface area contributed by atoms with Crippen LogP contribution in [0.5, 0.6) is 5.75 Å². The number of benzene rings is 3. The number of carbonyl (C=O) groups excluding carboxylic acids is 1. The molecule has 1 aliphatic rings. The highest BCUT2D eigenvalue weighted by Gasteiger charge is 2.31. The number of rotatable bonds is 8. The van der Waals surface area contributed by atoms with Gasteiger partial charge in [0.05, 0.1) is 5.69 Å². The summed E-state index contributed by atoms with van der Waals surface area (Å²) in [5.41, 5.74) is 4.68. The topological polar surface area (TPSA) is 84.6 Å². The van der Waals surface area contributed by atoms with Gasteiger partial charge in [0, 0.05) is 35.5 Å². The summed E-state index contributed by atoms with van der Waals surface area (Å²) in [6, 6.07) is 20.9. The SMILES string of the molecule is CC(C)c1ccccc1N1CCCS/C1=N\C(=O)NC(C)C(C)c1ccc(-c2ncn(-c3ccc(OC(F)(F)F)cc3)n2)cc1. The molecule has 236 valence electrons. The van der Waals surface area contributed by atoms with Crippen LogP contribution in [-0.2, 0) is 0 Å². The Hall–Kier alpha value is -4.32. The van der Waals surface area contributed by atoms with Crippen LogP contribution in [0.25, 0.3) is 17.1 Å². The van der Waals surface area contributed by atoms with E-state index in [-0.39, 0.29) is 23.7 Å². The quantitative estimate of drug-likeness (QED) is 0.210. The first kappa shape index (κ1) is 32.1. The molecular formula is C33H35F3N6O2S. The number of carbonyl (C=O) groups is 1. The number of halogens is 3. The number of alkyl halides is 3. The summed E-state index contributed by atoms with van der Waals surface area (Å²) in [7, 11) is 0. The first-order valence-electron chi connectivity index (χ1n) is 14.7. The summed E-state index contributed by atoms with van der Waals surface area (Å²) in [6.45, 7) is 9.16. The molecule has 0 spiro atoms. The van der Waals surface area contributed by atoms with Crippen LogP contribution >= 0.6 is 11.8 Å². The monoisotopic (exact) mass is 636 g/mol. The van der Waals surface area contributed by atoms with Crippen LogP contribution in [0.15, 0.2) is 84.1 Å². The zero-order valence-corrected chi connectivity index (χ0v) is 26.3. The first-order valence-corrected chi connectivity index (χ1v) is 15.7. The summed E-state index contributed by atoms with van der Waals surface area (Å²) in [5, 5.41) is 8.24. The highest BCUT2D eigenvalue weighted by Crippen LogP contribution is 2.32. The normalized spacial score (nSPS) is 16.1. The van der Waals surface area contributed by atoms with Crippen molar-refractivity contribution in [2.24, 2.45) is 4.99 Å². The number of aromatic nitrogens is 3. The number of para-hydroxylation sites is 1. The van der Waals surface area contributed by atoms with Gasteiger partial charge >= 0.3 is 12.4 Å². The van der Waals surface area contributed by atoms with Gasteiger partial charge in [-0.15, -0.1) is 18.3 Å². The Morgan fingerprint density at radius 3 is 2.40 bits per heavy atom. The molecule has 2 amide bonds. The van der Waals surface area contributed by atoms with Crippen molar-refractivity contribution >= 4 is 28.6 Å². The summed E-state index contributed by atoms with van der Waals surface area (Å²) in [5.74, 6) is 1.43. The number of nitrogens with zero attached hydrogens (tertiary/aromatic N) is 5. The van der Waals surface area contributed by atoms with Crippen LogP contribution in [0.4, 0.5) is 23.7 Å². The molecule has 12 heteroatoms. The van der Waals surface area contributed by atoms with Crippen molar-refractivity contribution in [1.29, 1.82) is 0 Å². The van der Waals surface area contributed by atoms with Crippen LogP contribution in [0.1, 0.15) is 57.1 Å². The third kappa shape index (κ3) is 8.05. The van der Waals surface area contributed by atoms with Gasteiger partial charge < -0.3 is 15.0 Å². The number of urea groups is 1. The number of thioether (sulfide) groups is 1. The molecule has 2 unspecified atom stereocenters. The summed E-state index contributed by atoms with van der Waals surface area (Å²) in [4.78, 5) is 24.1. The van der Waals surface area contributed by atoms with E-state index in [1.54, 1.807) is 11.8 Å². The second kappa shape index (κ2) is 13.8. The Morgan fingerprint density at radius 1 is 1.00 bits per heavy atom. The molecule has 0 bridgehead atoms. The van der Waals surface area contributed by atoms with E-state index in [1.165, 1.54) is 40.8 Å². The number of ether oxygens (including phenoxy) is 1. The van der Waals surface area contributed by atoms with Gasteiger partial charge in [-0.05, 0) is 60.7 Å². The van der Waals surface area contributed by atoms with Gasteiger partial charge in [-0.2, -0.15) is 4.99 Å². The molecule has 3 aromatic carbocycles. The van der Waals surface area contributed by atoms with Crippen LogP contribution < -0.4 is 15.0 Å². The van der Waals surface area contributed by atoms with Gasteiger partial charge in [0.2, 0.25) is 0 Å². The van der Waals surface area contributed by atoms with E-state index in [2.05, 4.69) is 56.0 Å². The maximum atomic E-state index is 13.1. The van der Waals surface area contributed by atoms with Gasteiger partial charge in [0.15, 0.2) is 11.0 Å². The number of amidine groups is 1. The highest BCUT2D eigenvalue weighted by molar-refractivity contribution is 8.14. The predicted molar refractivity (Wildman–Crippen MR) is 172 cm³/mol. The minimum absolute atomic E-state index is 0.00271. The van der Waals surface area contributed by atoms with Crippen LogP contribution in [0, 0.1) is 0 Å². The van der Waals surface area contributed by atoms with Crippen molar-refractivity contribution in [2.75, 3.05) is 17.2 Å². The van der Waals surface area contributed by atoms with Crippen molar-refractivity contribution in [3.63, 3.8) is 0 Å². The Kier molecular flexibility index (Phi) is 9.81. The summed E-state index contributed by atoms with van der Waals surface area (Å²) < 4.78 is 42.7. The zero-order valence-electron chi connectivity index (χ0n) is 25.5. The number of nitrogens with one attached hydrogen (secondary N) is 1. The molecule has 8 nitrogen and oxygen atoms in total. The Morgan fingerprint density at radius 2 is 1.71 bits per heavy atom. The molecule has 0 radical (unpaired) electrons. The average Bonchev–Trinajstić information content (AvgIpc) is 3.51. The molecule has 1 aliphatic heterocycles. The predicted octanol–water partition coefficient (Wildman–Crippen LogP) is 8.16. The van der Waals surface area contributed by atoms with Crippen molar-refractivity contribution in [2.45, 2.75) is 58.4 Å². The lowest BCUT2D eigenvalue weighted by atomic mass is 9.93. The third-order valence-electron chi connectivity index (χ3n) is 7.66. The van der Waals surface area contributed by atoms with Crippen molar-refractivity contribution in [1.82, 2.24) is 20.1 Å². The van der Waals surface area contributed by atoms with Crippen molar-refractivity contribution in [3.8, 4) is 22.8 Å². The van der Waals surface area contributed by atoms with E-state index < -0.39 is 6.36 Å². The smallest absolute Gasteiger partial charge is 0.406 e. The van der Waals surface area contributed by atoms with Gasteiger partial charge in [0.1, 0.15) is 12.1 Å². The molecule has 0 aliphatic carbocycles. The summed E-state index contributed by atoms with van der Waals surface area (Å²) >= 11 is 1.60. The van der Waals surface area contributed by atoms with Crippen molar-refractivity contribution in [3.05, 3.63) is 90.3 Å². The van der Waals surface area contributed by atoms with E-state index in [1.807, 2.05) is 50.2 Å². The number of anilines is 1. The fourth-order valence-electron chi connectivity index (χ4n) is 5.08. The van der Waals surface area contributed by atoms with Crippen LogP contribution in [-0.4, -0.2) is 50.7 Å². The molecule has 1 aromatic heterocycles. The van der Waals surface area contributed by atoms with Crippen molar-refractivity contribution < 1.29 is 22.7 Å². The summed E-state index contributed by atoms with van der Waals surface area (Å²) in [6.07, 6.45) is -2.23. The van der Waals surface area contributed by atoms with E-state index >= 15 is 0 Å². The average molecular weight is 637 g/mol. The second-order valence-electron chi connectivity index (χ2n) is 11.2. The van der Waals surface area contributed by atoms with E-state index in [0.717, 1.165) is 35.5 Å². The molecule has 2 atom stereocenters. The Labute approximate surface area is 264 Å². The molecule has 1 saturated heterocycles. The van der Waals surface area contributed by atoms with Gasteiger partial charge in [-0.25, -0.2) is 14.5 Å². The lowest BCUT2D eigenvalue weighted by molar-refractivity contribution is -0.274. The minimum atomic E-state index is -4.75. The second-order valence-corrected chi connectivity index (χ2v) is 12.2. The van der Waals surface area contributed by atoms with Gasteiger partial charge in [-0.3, -0.25) is 0 Å². The lowest BCUT2D eigenvalue weighted by Gasteiger charge is -2.32. The standard InChI is InChI=1S/C33H35F3N6O2S/c1-21(2)28-8-5-6-9-29(28)41-18-7-19-45-32(41)39-31(43)38-23(4)22(3)24-10-12-25(13-11-24)30-37-20-42(40-30)26-14-16-27(17-15-26)44-33(34,35)36/h5-6,8-17,20-23H,7,18-19H2,1-4H3,(H,38,43)/b39-32-. The highest BCUT2D eigenvalue weighted by atomic mass is 32.2. The fourth-order valence-corrected chi connectivity index (χ4v) is 6.03. The molecule has 0 saturated carbocycles. The molecule has 2 heterocycles. The zero-order chi connectivity index (χ0) is 32.1. The maximum Gasteiger partial charge on any atom is 0.573 e. The molecule has 4 aromatic rings. The van der Waals surface area contributed by atoms with E-state index in [4.69, 9.17) is 0 Å². The first-order chi connectivity index (χ1) is 21.5. The number of amides is 2. The van der Waals surface area contributed by atoms with Crippen LogP contribution in [0.3, 0.4) is 0 Å². The Bertz CT molecular complexity index is 1640. The van der Waals surface area contributed by atoms with E-state index in [9.17, 15) is 18.0 Å².